The Hall–Kier alpha value is -1.36. The summed E-state index contributed by atoms with van der Waals surface area (Å²) in [6, 6.07) is 0. The molecule has 0 atom stereocenters. The third-order valence-electron chi connectivity index (χ3n) is 1.000. The molecule has 0 spiro atoms. The van der Waals surface area contributed by atoms with Crippen LogP contribution in [0.3, 0.4) is 0 Å². The summed E-state index contributed by atoms with van der Waals surface area (Å²) < 4.78 is 0.235. The first kappa shape index (κ1) is 6.76. The van der Waals surface area contributed by atoms with Gasteiger partial charge in [0.2, 0.25) is 6.20 Å². The van der Waals surface area contributed by atoms with Gasteiger partial charge >= 0.3 is 5.88 Å². The van der Waals surface area contributed by atoms with Gasteiger partial charge in [-0.15, -0.1) is 4.73 Å². The number of rotatable bonds is 1. The predicted molar refractivity (Wildman–Crippen MR) is 30.8 cm³/mol. The van der Waals surface area contributed by atoms with Crippen molar-refractivity contribution in [1.82, 2.24) is 4.98 Å². The van der Waals surface area contributed by atoms with E-state index < -0.39 is 5.88 Å². The Morgan fingerprint density at radius 3 is 2.90 bits per heavy atom. The Morgan fingerprint density at radius 2 is 2.40 bits per heavy atom. The van der Waals surface area contributed by atoms with E-state index in [2.05, 4.69) is 4.98 Å². The van der Waals surface area contributed by atoms with Crippen molar-refractivity contribution < 1.29 is 14.9 Å². The maximum atomic E-state index is 10.5. The van der Waals surface area contributed by atoms with Crippen LogP contribution in [0.5, 0.6) is 5.88 Å². The van der Waals surface area contributed by atoms with Gasteiger partial charge in [0.1, 0.15) is 11.9 Å². The molecule has 0 bridgehead atoms. The van der Waals surface area contributed by atoms with Gasteiger partial charge in [-0.05, 0) is 0 Å². The largest absolute Gasteiger partial charge is 0.616 e. The molecular formula is C5H6N2O3. The molecule has 5 nitrogen and oxygen atoms in total. The van der Waals surface area contributed by atoms with E-state index >= 15 is 0 Å². The smallest absolute Gasteiger partial charge is 0.395 e. The van der Waals surface area contributed by atoms with E-state index in [1.807, 2.05) is 0 Å². The van der Waals surface area contributed by atoms with Crippen LogP contribution in [0.15, 0.2) is 12.4 Å². The number of aromatic nitrogens is 2. The molecule has 0 radical (unpaired) electrons. The molecule has 0 saturated heterocycles. The van der Waals surface area contributed by atoms with Crippen LogP contribution in [0.4, 0.5) is 0 Å². The van der Waals surface area contributed by atoms with E-state index in [1.165, 1.54) is 0 Å². The standard InChI is InChI=1S/C5H6N2O3/c8-3-4-2-7(10)5(9)1-6-4/h1-2,8-9H,3H2. The summed E-state index contributed by atoms with van der Waals surface area (Å²) in [4.78, 5) is 3.54. The average Bonchev–Trinajstić information content (AvgIpc) is 1.95. The normalized spacial score (nSPS) is 9.70. The highest BCUT2D eigenvalue weighted by Crippen LogP contribution is 1.96. The van der Waals surface area contributed by atoms with Crippen molar-refractivity contribution in [3.63, 3.8) is 0 Å². The lowest BCUT2D eigenvalue weighted by atomic mass is 10.5. The first-order valence-corrected chi connectivity index (χ1v) is 2.62. The minimum atomic E-state index is -0.475. The molecule has 0 saturated carbocycles. The van der Waals surface area contributed by atoms with Crippen molar-refractivity contribution in [2.45, 2.75) is 6.61 Å². The van der Waals surface area contributed by atoms with Crippen molar-refractivity contribution in [2.75, 3.05) is 0 Å². The van der Waals surface area contributed by atoms with Crippen molar-refractivity contribution >= 4 is 0 Å². The van der Waals surface area contributed by atoms with Crippen LogP contribution in [0.25, 0.3) is 0 Å². The van der Waals surface area contributed by atoms with E-state index in [1.54, 1.807) is 0 Å². The molecule has 2 N–H and O–H groups in total. The summed E-state index contributed by atoms with van der Waals surface area (Å²) in [6.45, 7) is -0.303. The summed E-state index contributed by atoms with van der Waals surface area (Å²) in [5.41, 5.74) is 0.229. The van der Waals surface area contributed by atoms with Gasteiger partial charge in [-0.25, -0.2) is 4.98 Å². The number of hydrogen-bond donors (Lipinski definition) is 2. The van der Waals surface area contributed by atoms with E-state index in [9.17, 15) is 5.21 Å². The molecule has 1 aromatic heterocycles. The number of aliphatic hydroxyl groups excluding tert-OH is 1. The van der Waals surface area contributed by atoms with Gasteiger partial charge in [-0.3, -0.25) is 0 Å². The van der Waals surface area contributed by atoms with E-state index in [4.69, 9.17) is 10.2 Å². The molecule has 0 aliphatic heterocycles. The molecule has 1 rings (SSSR count). The number of hydrogen-bond acceptors (Lipinski definition) is 4. The highest BCUT2D eigenvalue weighted by molar-refractivity contribution is 4.96. The van der Waals surface area contributed by atoms with Crippen molar-refractivity contribution in [1.29, 1.82) is 0 Å². The lowest BCUT2D eigenvalue weighted by Crippen LogP contribution is -2.26. The van der Waals surface area contributed by atoms with Crippen molar-refractivity contribution in [3.05, 3.63) is 23.3 Å². The lowest BCUT2D eigenvalue weighted by molar-refractivity contribution is -0.614. The highest BCUT2D eigenvalue weighted by Gasteiger charge is 2.02. The zero-order chi connectivity index (χ0) is 7.56. The molecule has 0 aliphatic carbocycles. The average molecular weight is 142 g/mol. The van der Waals surface area contributed by atoms with Crippen LogP contribution in [-0.4, -0.2) is 15.2 Å². The van der Waals surface area contributed by atoms with E-state index in [0.29, 0.717) is 0 Å². The third kappa shape index (κ3) is 1.14. The van der Waals surface area contributed by atoms with Crippen molar-refractivity contribution in [3.8, 4) is 5.88 Å². The second-order valence-corrected chi connectivity index (χ2v) is 1.72. The van der Waals surface area contributed by atoms with Crippen LogP contribution in [0.1, 0.15) is 5.69 Å². The Balaban J connectivity index is 3.04. The fourth-order valence-electron chi connectivity index (χ4n) is 0.514. The van der Waals surface area contributed by atoms with Gasteiger partial charge in [0.25, 0.3) is 0 Å². The quantitative estimate of drug-likeness (QED) is 0.385. The summed E-state index contributed by atoms with van der Waals surface area (Å²) in [5.74, 6) is -0.475. The molecule has 0 unspecified atom stereocenters. The zero-order valence-corrected chi connectivity index (χ0v) is 5.06. The second kappa shape index (κ2) is 2.49. The maximum absolute atomic E-state index is 10.5. The Kier molecular flexibility index (Phi) is 1.68. The second-order valence-electron chi connectivity index (χ2n) is 1.72. The molecule has 5 heteroatoms. The summed E-state index contributed by atoms with van der Waals surface area (Å²) >= 11 is 0. The van der Waals surface area contributed by atoms with Crippen LogP contribution in [0.2, 0.25) is 0 Å². The first-order chi connectivity index (χ1) is 4.74. The van der Waals surface area contributed by atoms with Crippen molar-refractivity contribution in [2.24, 2.45) is 0 Å². The molecule has 0 aromatic carbocycles. The Morgan fingerprint density at radius 1 is 1.70 bits per heavy atom. The fourth-order valence-corrected chi connectivity index (χ4v) is 0.514. The van der Waals surface area contributed by atoms with Gasteiger partial charge in [-0.2, -0.15) is 0 Å². The van der Waals surface area contributed by atoms with Gasteiger partial charge < -0.3 is 15.4 Å². The molecule has 0 aliphatic rings. The number of aliphatic hydroxyl groups is 1. The van der Waals surface area contributed by atoms with Crippen LogP contribution in [-0.2, 0) is 6.61 Å². The molecule has 0 fully saturated rings. The minimum Gasteiger partial charge on any atom is -0.616 e. The summed E-state index contributed by atoms with van der Waals surface area (Å²) in [7, 11) is 0. The van der Waals surface area contributed by atoms with Crippen LogP contribution >= 0.6 is 0 Å². The molecular weight excluding hydrogens is 136 g/mol. The molecule has 10 heavy (non-hydrogen) atoms. The van der Waals surface area contributed by atoms with Gasteiger partial charge in [0.05, 0.1) is 6.61 Å². The van der Waals surface area contributed by atoms with E-state index in [-0.39, 0.29) is 17.0 Å². The first-order valence-electron chi connectivity index (χ1n) is 2.62. The molecule has 0 amide bonds. The Labute approximate surface area is 56.8 Å². The predicted octanol–water partition coefficient (Wildman–Crippen LogP) is -1.09. The number of nitrogens with zero attached hydrogens (tertiary/aromatic N) is 2. The van der Waals surface area contributed by atoms with Gasteiger partial charge in [-0.1, -0.05) is 0 Å². The van der Waals surface area contributed by atoms with Crippen LogP contribution in [0, 0.1) is 5.21 Å². The topological polar surface area (TPSA) is 80.3 Å². The van der Waals surface area contributed by atoms with Gasteiger partial charge in [0, 0.05) is 0 Å². The molecule has 1 heterocycles. The van der Waals surface area contributed by atoms with Gasteiger partial charge in [0.15, 0.2) is 0 Å². The summed E-state index contributed by atoms with van der Waals surface area (Å²) in [5, 5.41) is 27.6. The fraction of sp³-hybridized carbons (Fsp3) is 0.200. The minimum absolute atomic E-state index is 0.229. The highest BCUT2D eigenvalue weighted by atomic mass is 16.5. The maximum Gasteiger partial charge on any atom is 0.395 e. The number of aromatic hydroxyl groups is 1. The SMILES string of the molecule is [O-][n+]1cc(CO)ncc1O. The molecule has 1 aromatic rings. The lowest BCUT2D eigenvalue weighted by Gasteiger charge is -1.97. The Bertz CT molecular complexity index is 238. The van der Waals surface area contributed by atoms with Crippen LogP contribution < -0.4 is 4.73 Å². The van der Waals surface area contributed by atoms with E-state index in [0.717, 1.165) is 12.4 Å². The third-order valence-corrected chi connectivity index (χ3v) is 1.000. The monoisotopic (exact) mass is 142 g/mol. The molecule has 54 valence electrons. The zero-order valence-electron chi connectivity index (χ0n) is 5.06. The summed E-state index contributed by atoms with van der Waals surface area (Å²) in [6.07, 6.45) is 1.99.